The molecule has 0 saturated carbocycles. The van der Waals surface area contributed by atoms with Crippen molar-refractivity contribution >= 4 is 11.8 Å². The first-order chi connectivity index (χ1) is 15.0. The number of benzene rings is 2. The van der Waals surface area contributed by atoms with Gasteiger partial charge in [-0.3, -0.25) is 14.5 Å². The summed E-state index contributed by atoms with van der Waals surface area (Å²) in [6.07, 6.45) is 3.16. The van der Waals surface area contributed by atoms with Gasteiger partial charge in [-0.1, -0.05) is 30.3 Å². The molecular formula is C24H27F2N3O2. The summed E-state index contributed by atoms with van der Waals surface area (Å²) in [4.78, 5) is 28.9. The molecule has 2 fully saturated rings. The highest BCUT2D eigenvalue weighted by Crippen LogP contribution is 2.30. The fourth-order valence-corrected chi connectivity index (χ4v) is 4.63. The fourth-order valence-electron chi connectivity index (χ4n) is 4.63. The lowest BCUT2D eigenvalue weighted by Gasteiger charge is -2.36. The molecule has 2 heterocycles. The lowest BCUT2D eigenvalue weighted by atomic mass is 9.89. The number of carbonyl (C=O) groups excluding carboxylic acids is 2. The third-order valence-electron chi connectivity index (χ3n) is 6.41. The summed E-state index contributed by atoms with van der Waals surface area (Å²) < 4.78 is 26.7. The van der Waals surface area contributed by atoms with E-state index in [1.54, 1.807) is 4.90 Å². The van der Waals surface area contributed by atoms with Crippen LogP contribution in [0.25, 0.3) is 0 Å². The van der Waals surface area contributed by atoms with Crippen molar-refractivity contribution in [3.63, 3.8) is 0 Å². The van der Waals surface area contributed by atoms with Gasteiger partial charge in [0.05, 0.1) is 12.1 Å². The number of nitrogens with zero attached hydrogens (tertiary/aromatic N) is 2. The molecule has 4 rings (SSSR count). The lowest BCUT2D eigenvalue weighted by molar-refractivity contribution is -0.129. The number of amides is 2. The predicted molar refractivity (Wildman–Crippen MR) is 114 cm³/mol. The van der Waals surface area contributed by atoms with Crippen molar-refractivity contribution in [2.24, 2.45) is 0 Å². The number of rotatable bonds is 5. The number of carbonyl (C=O) groups is 2. The molecule has 0 bridgehead atoms. The zero-order valence-electron chi connectivity index (χ0n) is 17.4. The maximum absolute atomic E-state index is 13.7. The molecule has 1 atom stereocenters. The van der Waals surface area contributed by atoms with Crippen LogP contribution in [0, 0.1) is 11.6 Å². The van der Waals surface area contributed by atoms with Gasteiger partial charge in [0.25, 0.3) is 5.91 Å². The SMILES string of the molecule is O=C(NCC(=O)N1CCC(N2CCC(c3ccccc3)CC2)C1)c1ccc(F)cc1F. The fraction of sp³-hybridized carbons (Fsp3) is 0.417. The van der Waals surface area contributed by atoms with Gasteiger partial charge in [-0.05, 0) is 56.0 Å². The van der Waals surface area contributed by atoms with Gasteiger partial charge in [0.2, 0.25) is 5.91 Å². The summed E-state index contributed by atoms with van der Waals surface area (Å²) in [5.41, 5.74) is 1.13. The van der Waals surface area contributed by atoms with E-state index in [0.717, 1.165) is 44.5 Å². The average Bonchev–Trinajstić information content (AvgIpc) is 3.28. The van der Waals surface area contributed by atoms with E-state index < -0.39 is 17.5 Å². The van der Waals surface area contributed by atoms with Gasteiger partial charge in [-0.25, -0.2) is 8.78 Å². The summed E-state index contributed by atoms with van der Waals surface area (Å²) >= 11 is 0. The zero-order valence-corrected chi connectivity index (χ0v) is 17.4. The van der Waals surface area contributed by atoms with E-state index in [-0.39, 0.29) is 18.0 Å². The summed E-state index contributed by atoms with van der Waals surface area (Å²) in [5, 5.41) is 2.45. The second-order valence-electron chi connectivity index (χ2n) is 8.31. The Balaban J connectivity index is 1.23. The Labute approximate surface area is 181 Å². The molecule has 5 nitrogen and oxygen atoms in total. The summed E-state index contributed by atoms with van der Waals surface area (Å²) in [6.45, 7) is 3.15. The largest absolute Gasteiger partial charge is 0.343 e. The van der Waals surface area contributed by atoms with E-state index in [2.05, 4.69) is 34.5 Å². The van der Waals surface area contributed by atoms with Crippen LogP contribution in [-0.4, -0.2) is 60.4 Å². The number of hydrogen-bond donors (Lipinski definition) is 1. The Morgan fingerprint density at radius 2 is 1.71 bits per heavy atom. The molecule has 2 amide bonds. The van der Waals surface area contributed by atoms with Crippen LogP contribution in [0.2, 0.25) is 0 Å². The third-order valence-corrected chi connectivity index (χ3v) is 6.41. The van der Waals surface area contributed by atoms with E-state index in [9.17, 15) is 18.4 Å². The Morgan fingerprint density at radius 3 is 2.42 bits per heavy atom. The molecule has 1 unspecified atom stereocenters. The number of piperidine rings is 1. The molecule has 2 saturated heterocycles. The van der Waals surface area contributed by atoms with Gasteiger partial charge in [0.1, 0.15) is 11.6 Å². The monoisotopic (exact) mass is 427 g/mol. The van der Waals surface area contributed by atoms with Crippen LogP contribution in [0.15, 0.2) is 48.5 Å². The van der Waals surface area contributed by atoms with Crippen molar-refractivity contribution in [2.75, 3.05) is 32.7 Å². The topological polar surface area (TPSA) is 52.7 Å². The first-order valence-corrected chi connectivity index (χ1v) is 10.8. The van der Waals surface area contributed by atoms with Crippen LogP contribution in [-0.2, 0) is 4.79 Å². The maximum atomic E-state index is 13.7. The van der Waals surface area contributed by atoms with Crippen molar-refractivity contribution in [2.45, 2.75) is 31.2 Å². The van der Waals surface area contributed by atoms with Crippen molar-refractivity contribution in [1.82, 2.24) is 15.1 Å². The number of halogens is 2. The smallest absolute Gasteiger partial charge is 0.254 e. The normalized spacial score (nSPS) is 20.1. The van der Waals surface area contributed by atoms with Crippen LogP contribution in [0.3, 0.4) is 0 Å². The van der Waals surface area contributed by atoms with Crippen LogP contribution in [0.5, 0.6) is 0 Å². The average molecular weight is 427 g/mol. The highest BCUT2D eigenvalue weighted by Gasteiger charge is 2.32. The number of likely N-dealkylation sites (tertiary alicyclic amines) is 2. The molecule has 2 aliphatic heterocycles. The molecule has 1 N–H and O–H groups in total. The van der Waals surface area contributed by atoms with Gasteiger partial charge < -0.3 is 10.2 Å². The molecule has 2 aromatic rings. The Kier molecular flexibility index (Phi) is 6.61. The minimum atomic E-state index is -0.940. The highest BCUT2D eigenvalue weighted by atomic mass is 19.1. The van der Waals surface area contributed by atoms with Crippen LogP contribution in [0.4, 0.5) is 8.78 Å². The molecule has 2 aromatic carbocycles. The lowest BCUT2D eigenvalue weighted by Crippen LogP contribution is -2.44. The molecule has 0 aromatic heterocycles. The first-order valence-electron chi connectivity index (χ1n) is 10.8. The molecule has 7 heteroatoms. The van der Waals surface area contributed by atoms with Gasteiger partial charge in [-0.15, -0.1) is 0 Å². The van der Waals surface area contributed by atoms with Crippen molar-refractivity contribution in [3.8, 4) is 0 Å². The van der Waals surface area contributed by atoms with Gasteiger partial charge in [0.15, 0.2) is 0 Å². The zero-order chi connectivity index (χ0) is 21.8. The Hall–Kier alpha value is -2.80. The second kappa shape index (κ2) is 9.56. The van der Waals surface area contributed by atoms with E-state index in [1.165, 1.54) is 5.56 Å². The molecule has 31 heavy (non-hydrogen) atoms. The van der Waals surface area contributed by atoms with E-state index in [0.29, 0.717) is 31.1 Å². The van der Waals surface area contributed by atoms with Gasteiger partial charge >= 0.3 is 0 Å². The molecule has 0 spiro atoms. The van der Waals surface area contributed by atoms with Gasteiger partial charge in [0, 0.05) is 25.2 Å². The quantitative estimate of drug-likeness (QED) is 0.798. The maximum Gasteiger partial charge on any atom is 0.254 e. The predicted octanol–water partition coefficient (Wildman–Crippen LogP) is 3.18. The molecule has 0 aliphatic carbocycles. The van der Waals surface area contributed by atoms with Crippen molar-refractivity contribution in [3.05, 3.63) is 71.3 Å². The molecule has 0 radical (unpaired) electrons. The highest BCUT2D eigenvalue weighted by molar-refractivity contribution is 5.96. The first kappa shape index (κ1) is 21.4. The van der Waals surface area contributed by atoms with Crippen molar-refractivity contribution in [1.29, 1.82) is 0 Å². The number of nitrogens with one attached hydrogen (secondary N) is 1. The molecule has 164 valence electrons. The van der Waals surface area contributed by atoms with Crippen molar-refractivity contribution < 1.29 is 18.4 Å². The molecule has 2 aliphatic rings. The van der Waals surface area contributed by atoms with Crippen LogP contribution < -0.4 is 5.32 Å². The van der Waals surface area contributed by atoms with Gasteiger partial charge in [-0.2, -0.15) is 0 Å². The second-order valence-corrected chi connectivity index (χ2v) is 8.31. The Bertz CT molecular complexity index is 930. The van der Waals surface area contributed by atoms with E-state index >= 15 is 0 Å². The third kappa shape index (κ3) is 5.10. The minimum absolute atomic E-state index is 0.183. The standard InChI is InChI=1S/C24H27F2N3O2/c25-19-6-7-21(22(26)14-19)24(31)27-15-23(30)29-13-10-20(16-29)28-11-8-18(9-12-28)17-4-2-1-3-5-17/h1-7,14,18,20H,8-13,15-16H2,(H,27,31). The number of hydrogen-bond acceptors (Lipinski definition) is 3. The summed E-state index contributed by atoms with van der Waals surface area (Å²) in [7, 11) is 0. The Morgan fingerprint density at radius 1 is 0.968 bits per heavy atom. The van der Waals surface area contributed by atoms with Crippen LogP contribution >= 0.6 is 0 Å². The van der Waals surface area contributed by atoms with Crippen LogP contribution in [0.1, 0.15) is 41.1 Å². The minimum Gasteiger partial charge on any atom is -0.343 e. The summed E-state index contributed by atoms with van der Waals surface area (Å²) in [6, 6.07) is 13.7. The van der Waals surface area contributed by atoms with E-state index in [4.69, 9.17) is 0 Å². The summed E-state index contributed by atoms with van der Waals surface area (Å²) in [5.74, 6) is -1.99. The molecular weight excluding hydrogens is 400 g/mol. The van der Waals surface area contributed by atoms with E-state index in [1.807, 2.05) is 6.07 Å².